The second kappa shape index (κ2) is 7.18. The van der Waals surface area contributed by atoms with E-state index in [4.69, 9.17) is 28.0 Å². The molecule has 9 nitrogen and oxygen atoms in total. The molecule has 2 aromatic rings. The molecule has 23 heavy (non-hydrogen) atoms. The van der Waals surface area contributed by atoms with E-state index in [0.717, 1.165) is 15.6 Å². The van der Waals surface area contributed by atoms with E-state index in [1.54, 1.807) is 12.1 Å². The van der Waals surface area contributed by atoms with Crippen LogP contribution >= 0.6 is 11.6 Å². The molecule has 0 radical (unpaired) electrons. The number of rotatable bonds is 4. The lowest BCUT2D eigenvalue weighted by Gasteiger charge is -2.24. The number of ether oxygens (including phenoxy) is 1. The van der Waals surface area contributed by atoms with Crippen molar-refractivity contribution in [1.82, 2.24) is 20.0 Å². The predicted octanol–water partition coefficient (Wildman–Crippen LogP) is 1.02. The van der Waals surface area contributed by atoms with Gasteiger partial charge in [0.1, 0.15) is 12.9 Å². The number of aromatic nitrogens is 3. The monoisotopic (exact) mass is 337 g/mol. The molecule has 2 rings (SSSR count). The topological polar surface area (TPSA) is 123 Å². The molecule has 0 saturated carbocycles. The fraction of sp³-hybridized carbons (Fsp3) is 0.231. The number of hydrogen-bond acceptors (Lipinski definition) is 7. The first kappa shape index (κ1) is 16.9. The molecule has 0 atom stereocenters. The molecule has 0 aliphatic carbocycles. The molecule has 1 aromatic heterocycles. The van der Waals surface area contributed by atoms with Gasteiger partial charge in [-0.1, -0.05) is 12.1 Å². The van der Waals surface area contributed by atoms with Crippen LogP contribution in [0.15, 0.2) is 24.5 Å². The summed E-state index contributed by atoms with van der Waals surface area (Å²) in [5.74, 6) is 11.3. The quantitative estimate of drug-likeness (QED) is 0.485. The average Bonchev–Trinajstić information content (AvgIpc) is 2.52. The van der Waals surface area contributed by atoms with Crippen molar-refractivity contribution in [3.8, 4) is 6.01 Å². The molecule has 0 unspecified atom stereocenters. The van der Waals surface area contributed by atoms with Gasteiger partial charge in [0.2, 0.25) is 5.28 Å². The summed E-state index contributed by atoms with van der Waals surface area (Å²) in [4.78, 5) is 23.3. The fourth-order valence-corrected chi connectivity index (χ4v) is 1.96. The number of nitrogens with zero attached hydrogens (tertiary/aromatic N) is 5. The van der Waals surface area contributed by atoms with E-state index in [1.165, 1.54) is 13.4 Å². The Morgan fingerprint density at radius 3 is 2.74 bits per heavy atom. The molecular weight excluding hydrogens is 322 g/mol. The lowest BCUT2D eigenvalue weighted by Crippen LogP contribution is -2.49. The molecule has 0 aliphatic rings. The van der Waals surface area contributed by atoms with Crippen molar-refractivity contribution in [2.45, 2.75) is 13.5 Å². The molecule has 2 amide bonds. The number of hydrazine groups is 2. The van der Waals surface area contributed by atoms with Crippen molar-refractivity contribution in [3.63, 3.8) is 0 Å². The third-order valence-corrected chi connectivity index (χ3v) is 3.20. The van der Waals surface area contributed by atoms with Crippen molar-refractivity contribution in [1.29, 1.82) is 0 Å². The lowest BCUT2D eigenvalue weighted by molar-refractivity contribution is 0.216. The van der Waals surface area contributed by atoms with Crippen molar-refractivity contribution in [2.24, 2.45) is 11.7 Å². The summed E-state index contributed by atoms with van der Waals surface area (Å²) in [5.41, 5.74) is 2.04. The van der Waals surface area contributed by atoms with Gasteiger partial charge in [-0.15, -0.1) is 0 Å². The highest BCUT2D eigenvalue weighted by Gasteiger charge is 2.19. The molecule has 0 aliphatic heterocycles. The number of nitrogens with two attached hydrogens (primary N) is 2. The van der Waals surface area contributed by atoms with E-state index < -0.39 is 6.03 Å². The second-order valence-electron chi connectivity index (χ2n) is 4.66. The van der Waals surface area contributed by atoms with Crippen LogP contribution in [0.25, 0.3) is 0 Å². The molecular formula is C13H16ClN7O2. The number of amides is 2. The van der Waals surface area contributed by atoms with Crippen molar-refractivity contribution in [2.75, 3.05) is 12.1 Å². The summed E-state index contributed by atoms with van der Waals surface area (Å²) in [6.45, 7) is 1.96. The number of carbonyl (C=O) groups excluding carboxylic acids is 1. The SMILES string of the molecule is Cc1cccc(N(N)C(=O)N(C)N)c1COc1ncnc(Cl)n1. The Bertz CT molecular complexity index is 710. The first-order valence-corrected chi connectivity index (χ1v) is 6.91. The van der Waals surface area contributed by atoms with Crippen LogP contribution in [-0.2, 0) is 6.61 Å². The average molecular weight is 338 g/mol. The molecule has 0 fully saturated rings. The molecule has 0 bridgehead atoms. The first-order valence-electron chi connectivity index (χ1n) is 6.53. The molecule has 0 spiro atoms. The summed E-state index contributed by atoms with van der Waals surface area (Å²) in [7, 11) is 1.40. The van der Waals surface area contributed by atoms with E-state index >= 15 is 0 Å². The maximum absolute atomic E-state index is 11.9. The summed E-state index contributed by atoms with van der Waals surface area (Å²) >= 11 is 5.68. The Balaban J connectivity index is 2.26. The largest absolute Gasteiger partial charge is 0.458 e. The van der Waals surface area contributed by atoms with Gasteiger partial charge in [-0.05, 0) is 30.2 Å². The summed E-state index contributed by atoms with van der Waals surface area (Å²) in [6, 6.07) is 4.84. The molecule has 10 heteroatoms. The number of hydrogen-bond donors (Lipinski definition) is 2. The Morgan fingerprint density at radius 1 is 1.35 bits per heavy atom. The van der Waals surface area contributed by atoms with Crippen LogP contribution in [0.2, 0.25) is 5.28 Å². The van der Waals surface area contributed by atoms with Crippen molar-refractivity contribution < 1.29 is 9.53 Å². The maximum Gasteiger partial charge on any atom is 0.352 e. The maximum atomic E-state index is 11.9. The molecule has 1 aromatic carbocycles. The highest BCUT2D eigenvalue weighted by molar-refractivity contribution is 6.28. The second-order valence-corrected chi connectivity index (χ2v) is 5.00. The number of benzene rings is 1. The van der Waals surface area contributed by atoms with Crippen LogP contribution in [0.3, 0.4) is 0 Å². The third-order valence-electron chi connectivity index (χ3n) is 3.02. The van der Waals surface area contributed by atoms with Gasteiger partial charge in [0.25, 0.3) is 0 Å². The van der Waals surface area contributed by atoms with Gasteiger partial charge in [-0.25, -0.2) is 26.5 Å². The molecule has 122 valence electrons. The Kier molecular flexibility index (Phi) is 5.27. The van der Waals surface area contributed by atoms with Gasteiger partial charge in [0.05, 0.1) is 5.69 Å². The lowest BCUT2D eigenvalue weighted by atomic mass is 10.1. The first-order chi connectivity index (χ1) is 10.9. The minimum Gasteiger partial charge on any atom is -0.458 e. The Morgan fingerprint density at radius 2 is 2.09 bits per heavy atom. The van der Waals surface area contributed by atoms with Crippen molar-refractivity contribution in [3.05, 3.63) is 40.9 Å². The predicted molar refractivity (Wildman–Crippen MR) is 84.4 cm³/mol. The molecule has 0 saturated heterocycles. The number of urea groups is 1. The van der Waals surface area contributed by atoms with E-state index in [0.29, 0.717) is 11.3 Å². The number of anilines is 1. The zero-order chi connectivity index (χ0) is 17.0. The summed E-state index contributed by atoms with van der Waals surface area (Å²) in [5, 5.41) is 1.87. The van der Waals surface area contributed by atoms with E-state index in [2.05, 4.69) is 15.0 Å². The normalized spacial score (nSPS) is 10.3. The van der Waals surface area contributed by atoms with Gasteiger partial charge < -0.3 is 4.74 Å². The van der Waals surface area contributed by atoms with Crippen molar-refractivity contribution >= 4 is 23.3 Å². The number of halogens is 1. The third kappa shape index (κ3) is 4.03. The number of aryl methyl sites for hydroxylation is 1. The zero-order valence-electron chi connectivity index (χ0n) is 12.6. The minimum atomic E-state index is -0.569. The van der Waals surface area contributed by atoms with Gasteiger partial charge in [-0.3, -0.25) is 5.01 Å². The summed E-state index contributed by atoms with van der Waals surface area (Å²) < 4.78 is 5.50. The standard InChI is InChI=1S/C13H16ClN7O2/c1-8-4-3-5-10(21(16)13(22)20(2)15)9(8)6-23-12-18-7-17-11(14)19-12/h3-5,7H,6,15-16H2,1-2H3. The number of carbonyl (C=O) groups is 1. The van der Waals surface area contributed by atoms with Crippen LogP contribution < -0.4 is 21.4 Å². The highest BCUT2D eigenvalue weighted by atomic mass is 35.5. The molecule has 1 heterocycles. The van der Waals surface area contributed by atoms with Gasteiger partial charge in [0.15, 0.2) is 0 Å². The Hall–Kier alpha value is -2.49. The van der Waals surface area contributed by atoms with E-state index in [9.17, 15) is 4.79 Å². The van der Waals surface area contributed by atoms with Crippen LogP contribution in [0.5, 0.6) is 6.01 Å². The van der Waals surface area contributed by atoms with E-state index in [1.807, 2.05) is 13.0 Å². The van der Waals surface area contributed by atoms with Crippen LogP contribution in [0, 0.1) is 6.92 Å². The smallest absolute Gasteiger partial charge is 0.352 e. The Labute approximate surface area is 137 Å². The van der Waals surface area contributed by atoms with E-state index in [-0.39, 0.29) is 17.9 Å². The summed E-state index contributed by atoms with van der Waals surface area (Å²) in [6.07, 6.45) is 1.24. The zero-order valence-corrected chi connectivity index (χ0v) is 13.4. The van der Waals surface area contributed by atoms with Gasteiger partial charge in [0, 0.05) is 12.6 Å². The molecule has 4 N–H and O–H groups in total. The van der Waals surface area contributed by atoms with Gasteiger partial charge >= 0.3 is 12.0 Å². The van der Waals surface area contributed by atoms with Crippen LogP contribution in [0.4, 0.5) is 10.5 Å². The van der Waals surface area contributed by atoms with Crippen LogP contribution in [-0.4, -0.2) is 33.0 Å². The van der Waals surface area contributed by atoms with Crippen LogP contribution in [0.1, 0.15) is 11.1 Å². The minimum absolute atomic E-state index is 0.0281. The fourth-order valence-electron chi connectivity index (χ4n) is 1.84. The van der Waals surface area contributed by atoms with Gasteiger partial charge in [-0.2, -0.15) is 9.97 Å². The highest BCUT2D eigenvalue weighted by Crippen LogP contribution is 2.24.